The molecular formula is C15H26N2S2. The molecule has 1 aromatic rings. The second kappa shape index (κ2) is 8.77. The number of nitrogens with zero attached hydrogens (tertiary/aromatic N) is 2. The van der Waals surface area contributed by atoms with Gasteiger partial charge in [-0.3, -0.25) is 0 Å². The maximum atomic E-state index is 5.23. The van der Waals surface area contributed by atoms with Crippen LogP contribution in [0, 0.1) is 9.02 Å². The first-order chi connectivity index (χ1) is 9.10. The Morgan fingerprint density at radius 2 is 1.53 bits per heavy atom. The van der Waals surface area contributed by atoms with Crippen LogP contribution in [0.4, 0.5) is 5.69 Å². The molecule has 0 aliphatic heterocycles. The van der Waals surface area contributed by atoms with Crippen molar-refractivity contribution < 1.29 is 0 Å². The minimum absolute atomic E-state index is 0.842. The van der Waals surface area contributed by atoms with Crippen molar-refractivity contribution in [1.82, 2.24) is 4.90 Å². The molecule has 0 radical (unpaired) electrons. The molecule has 0 heterocycles. The number of rotatable bonds is 10. The highest BCUT2D eigenvalue weighted by Gasteiger charge is 2.08. The van der Waals surface area contributed by atoms with Crippen molar-refractivity contribution in [3.05, 3.63) is 15.1 Å². The Labute approximate surface area is 128 Å². The van der Waals surface area contributed by atoms with Crippen LogP contribution in [-0.2, 0) is 0 Å². The van der Waals surface area contributed by atoms with Crippen molar-refractivity contribution >= 4 is 30.1 Å². The Bertz CT molecular complexity index is 429. The quantitative estimate of drug-likeness (QED) is 0.467. The molecule has 0 fully saturated rings. The van der Waals surface area contributed by atoms with E-state index in [9.17, 15) is 0 Å². The van der Waals surface area contributed by atoms with Gasteiger partial charge in [0.25, 0.3) is 0 Å². The molecule has 0 atom stereocenters. The molecule has 0 aliphatic carbocycles. The molecule has 0 spiro atoms. The van der Waals surface area contributed by atoms with Crippen LogP contribution in [0.3, 0.4) is 0 Å². The highest BCUT2D eigenvalue weighted by molar-refractivity contribution is 7.74. The van der Waals surface area contributed by atoms with Crippen molar-refractivity contribution in [3.63, 3.8) is 0 Å². The number of unbranched alkanes of at least 4 members (excludes halogenated alkanes) is 1. The first kappa shape index (κ1) is 16.7. The van der Waals surface area contributed by atoms with Crippen molar-refractivity contribution in [2.45, 2.75) is 39.5 Å². The van der Waals surface area contributed by atoms with E-state index < -0.39 is 0 Å². The van der Waals surface area contributed by atoms with Gasteiger partial charge in [-0.05, 0) is 51.4 Å². The summed E-state index contributed by atoms with van der Waals surface area (Å²) in [6.45, 7) is 9.26. The lowest BCUT2D eigenvalue weighted by Crippen LogP contribution is -2.27. The molecule has 0 saturated heterocycles. The average Bonchev–Trinajstić information content (AvgIpc) is 2.40. The Morgan fingerprint density at radius 1 is 0.947 bits per heavy atom. The molecular weight excluding hydrogens is 272 g/mol. The monoisotopic (exact) mass is 298 g/mol. The Morgan fingerprint density at radius 3 is 2.00 bits per heavy atom. The number of anilines is 1. The minimum atomic E-state index is 0.842. The third-order valence-corrected chi connectivity index (χ3v) is 4.31. The fourth-order valence-electron chi connectivity index (χ4n) is 2.36. The van der Waals surface area contributed by atoms with E-state index in [-0.39, 0.29) is 0 Å². The normalized spacial score (nSPS) is 11.4. The smallest absolute Gasteiger partial charge is 0.0792 e. The molecule has 0 unspecified atom stereocenters. The van der Waals surface area contributed by atoms with Crippen LogP contribution in [0.2, 0.25) is 0 Å². The highest BCUT2D eigenvalue weighted by Crippen LogP contribution is 2.21. The van der Waals surface area contributed by atoms with Gasteiger partial charge in [-0.25, -0.2) is 0 Å². The van der Waals surface area contributed by atoms with Crippen LogP contribution < -0.4 is 4.90 Å². The van der Waals surface area contributed by atoms with E-state index >= 15 is 0 Å². The van der Waals surface area contributed by atoms with Crippen molar-refractivity contribution in [3.8, 4) is 0 Å². The lowest BCUT2D eigenvalue weighted by Gasteiger charge is -2.23. The summed E-state index contributed by atoms with van der Waals surface area (Å²) in [5.74, 6) is 0. The van der Waals surface area contributed by atoms with E-state index in [1.807, 2.05) is 6.07 Å². The molecule has 4 heteroatoms. The van der Waals surface area contributed by atoms with Crippen LogP contribution in [0.15, 0.2) is 6.07 Å². The third kappa shape index (κ3) is 5.28. The van der Waals surface area contributed by atoms with E-state index in [4.69, 9.17) is 24.4 Å². The summed E-state index contributed by atoms with van der Waals surface area (Å²) in [4.78, 5) is 4.81. The maximum absolute atomic E-state index is 5.23. The predicted molar refractivity (Wildman–Crippen MR) is 90.0 cm³/mol. The Hall–Kier alpha value is -0.320. The SMILES string of the molecule is CCCN(CCC)CCCCN(C)c1cc(=S)c1=S. The van der Waals surface area contributed by atoms with Gasteiger partial charge in [0.2, 0.25) is 0 Å². The second-order valence-electron chi connectivity index (χ2n) is 5.19. The van der Waals surface area contributed by atoms with Gasteiger partial charge in [-0.1, -0.05) is 38.3 Å². The third-order valence-electron chi connectivity index (χ3n) is 3.43. The summed E-state index contributed by atoms with van der Waals surface area (Å²) >= 11 is 10.3. The lowest BCUT2D eigenvalue weighted by atomic mass is 10.2. The molecule has 0 bridgehead atoms. The van der Waals surface area contributed by atoms with Gasteiger partial charge in [-0.2, -0.15) is 0 Å². The summed E-state index contributed by atoms with van der Waals surface area (Å²) in [7, 11) is 2.11. The molecule has 0 aromatic heterocycles. The number of hydrogen-bond acceptors (Lipinski definition) is 4. The predicted octanol–water partition coefficient (Wildman–Crippen LogP) is 4.36. The summed E-state index contributed by atoms with van der Waals surface area (Å²) in [5, 5.41) is 0. The fraction of sp³-hybridized carbons (Fsp3) is 0.733. The minimum Gasteiger partial charge on any atom is -0.373 e. The molecule has 0 N–H and O–H groups in total. The zero-order valence-corrected chi connectivity index (χ0v) is 14.1. The zero-order chi connectivity index (χ0) is 14.3. The van der Waals surface area contributed by atoms with E-state index in [1.165, 1.54) is 45.3 Å². The molecule has 1 aromatic carbocycles. The first-order valence-corrected chi connectivity index (χ1v) is 8.15. The Kier molecular flexibility index (Phi) is 7.73. The standard InChI is InChI=1S/C15H26N2S2/c1-4-8-17(9-5-2)11-7-6-10-16(3)13-12-14(18)15(13)19/h12H,4-11H2,1-3H3. The van der Waals surface area contributed by atoms with Gasteiger partial charge in [0.15, 0.2) is 0 Å². The van der Waals surface area contributed by atoms with Gasteiger partial charge in [0, 0.05) is 13.6 Å². The molecule has 1 rings (SSSR count). The van der Waals surface area contributed by atoms with Crippen LogP contribution in [0.1, 0.15) is 39.5 Å². The van der Waals surface area contributed by atoms with Gasteiger partial charge in [0.05, 0.1) is 14.7 Å². The largest absolute Gasteiger partial charge is 0.373 e. The Balaban J connectivity index is 2.21. The van der Waals surface area contributed by atoms with E-state index in [2.05, 4.69) is 30.7 Å². The van der Waals surface area contributed by atoms with E-state index in [0.29, 0.717) is 0 Å². The molecule has 2 nitrogen and oxygen atoms in total. The van der Waals surface area contributed by atoms with Gasteiger partial charge < -0.3 is 9.80 Å². The maximum Gasteiger partial charge on any atom is 0.0792 e. The topological polar surface area (TPSA) is 6.48 Å². The zero-order valence-electron chi connectivity index (χ0n) is 12.4. The number of hydrogen-bond donors (Lipinski definition) is 0. The molecule has 0 amide bonds. The molecule has 0 aliphatic rings. The highest BCUT2D eigenvalue weighted by atomic mass is 32.1. The summed E-state index contributed by atoms with van der Waals surface area (Å²) in [6, 6.07) is 2.01. The van der Waals surface area contributed by atoms with Crippen LogP contribution in [0.25, 0.3) is 0 Å². The molecule has 19 heavy (non-hydrogen) atoms. The fourth-order valence-corrected chi connectivity index (χ4v) is 2.85. The van der Waals surface area contributed by atoms with Crippen molar-refractivity contribution in [2.24, 2.45) is 0 Å². The van der Waals surface area contributed by atoms with Gasteiger partial charge in [0.1, 0.15) is 0 Å². The van der Waals surface area contributed by atoms with Gasteiger partial charge in [-0.15, -0.1) is 0 Å². The summed E-state index contributed by atoms with van der Waals surface area (Å²) in [5.41, 5.74) is 1.15. The second-order valence-corrected chi connectivity index (χ2v) is 6.04. The van der Waals surface area contributed by atoms with Crippen LogP contribution in [0.5, 0.6) is 0 Å². The molecule has 0 saturated carbocycles. The van der Waals surface area contributed by atoms with Crippen LogP contribution in [-0.4, -0.2) is 38.1 Å². The van der Waals surface area contributed by atoms with Crippen molar-refractivity contribution in [1.29, 1.82) is 0 Å². The average molecular weight is 299 g/mol. The van der Waals surface area contributed by atoms with E-state index in [1.54, 1.807) is 0 Å². The lowest BCUT2D eigenvalue weighted by molar-refractivity contribution is 0.269. The molecule has 108 valence electrons. The van der Waals surface area contributed by atoms with Crippen molar-refractivity contribution in [2.75, 3.05) is 38.1 Å². The van der Waals surface area contributed by atoms with E-state index in [0.717, 1.165) is 21.3 Å². The first-order valence-electron chi connectivity index (χ1n) is 7.34. The van der Waals surface area contributed by atoms with Crippen LogP contribution >= 0.6 is 24.4 Å². The summed E-state index contributed by atoms with van der Waals surface area (Å²) < 4.78 is 1.71. The van der Waals surface area contributed by atoms with Gasteiger partial charge >= 0.3 is 0 Å². The summed E-state index contributed by atoms with van der Waals surface area (Å²) in [6.07, 6.45) is 4.97.